The second kappa shape index (κ2) is 8.77. The van der Waals surface area contributed by atoms with Gasteiger partial charge in [0.15, 0.2) is 0 Å². The molecule has 0 aromatic heterocycles. The summed E-state index contributed by atoms with van der Waals surface area (Å²) in [6.45, 7) is 10.2. The van der Waals surface area contributed by atoms with E-state index in [9.17, 15) is 0 Å². The van der Waals surface area contributed by atoms with Gasteiger partial charge in [-0.3, -0.25) is 0 Å². The molecule has 0 saturated carbocycles. The van der Waals surface area contributed by atoms with E-state index in [0.717, 1.165) is 5.56 Å². The van der Waals surface area contributed by atoms with Crippen LogP contribution in [0.3, 0.4) is 0 Å². The smallest absolute Gasteiger partial charge is 0.0682 e. The summed E-state index contributed by atoms with van der Waals surface area (Å²) in [7, 11) is 0. The van der Waals surface area contributed by atoms with Crippen LogP contribution in [0.5, 0.6) is 0 Å². The van der Waals surface area contributed by atoms with Crippen LogP contribution >= 0.6 is 0 Å². The van der Waals surface area contributed by atoms with Crippen molar-refractivity contribution in [2.45, 2.75) is 41.2 Å². The molecule has 1 heteroatoms. The third kappa shape index (κ3) is 4.58. The lowest BCUT2D eigenvalue weighted by Crippen LogP contribution is -1.82. The van der Waals surface area contributed by atoms with Gasteiger partial charge in [0.25, 0.3) is 0 Å². The zero-order chi connectivity index (χ0) is 13.3. The number of rotatable bonds is 1. The van der Waals surface area contributed by atoms with E-state index in [2.05, 4.69) is 25.1 Å². The van der Waals surface area contributed by atoms with Crippen molar-refractivity contribution in [1.82, 2.24) is 0 Å². The Kier molecular flexibility index (Phi) is 8.08. The molecule has 0 aliphatic carbocycles. The maximum Gasteiger partial charge on any atom is 0.0682 e. The normalized spacial score (nSPS) is 8.82. The van der Waals surface area contributed by atoms with Gasteiger partial charge >= 0.3 is 0 Å². The zero-order valence-electron chi connectivity index (χ0n) is 11.6. The topological polar surface area (TPSA) is 20.2 Å². The van der Waals surface area contributed by atoms with E-state index in [0.29, 0.717) is 0 Å². The fourth-order valence-electron chi connectivity index (χ4n) is 1.51. The molecule has 0 aliphatic heterocycles. The second-order valence-electron chi connectivity index (χ2n) is 3.34. The molecule has 0 spiro atoms. The molecule has 2 aromatic rings. The predicted molar refractivity (Wildman–Crippen MR) is 77.3 cm³/mol. The SMILES string of the molecule is CC.CC.Cc1ccc2cc(CO)ccc2c1. The van der Waals surface area contributed by atoms with Crippen molar-refractivity contribution < 1.29 is 5.11 Å². The van der Waals surface area contributed by atoms with E-state index in [-0.39, 0.29) is 6.61 Å². The minimum Gasteiger partial charge on any atom is -0.392 e. The lowest BCUT2D eigenvalue weighted by atomic mass is 10.1. The molecule has 0 bridgehead atoms. The summed E-state index contributed by atoms with van der Waals surface area (Å²) < 4.78 is 0. The molecule has 0 saturated heterocycles. The first-order valence-corrected chi connectivity index (χ1v) is 6.40. The highest BCUT2D eigenvalue weighted by molar-refractivity contribution is 5.83. The Balaban J connectivity index is 0.000000581. The van der Waals surface area contributed by atoms with E-state index in [1.807, 2.05) is 45.9 Å². The monoisotopic (exact) mass is 232 g/mol. The number of aryl methyl sites for hydroxylation is 1. The van der Waals surface area contributed by atoms with Gasteiger partial charge in [0.05, 0.1) is 6.61 Å². The van der Waals surface area contributed by atoms with E-state index in [1.165, 1.54) is 16.3 Å². The van der Waals surface area contributed by atoms with Gasteiger partial charge in [-0.25, -0.2) is 0 Å². The van der Waals surface area contributed by atoms with Crippen LogP contribution in [0.2, 0.25) is 0 Å². The van der Waals surface area contributed by atoms with Crippen molar-refractivity contribution in [3.8, 4) is 0 Å². The molecular weight excluding hydrogens is 208 g/mol. The molecule has 0 atom stereocenters. The van der Waals surface area contributed by atoms with E-state index in [1.54, 1.807) is 0 Å². The van der Waals surface area contributed by atoms with Crippen LogP contribution < -0.4 is 0 Å². The summed E-state index contributed by atoms with van der Waals surface area (Å²) in [6.07, 6.45) is 0. The van der Waals surface area contributed by atoms with Gasteiger partial charge in [-0.1, -0.05) is 63.6 Å². The highest BCUT2D eigenvalue weighted by atomic mass is 16.3. The molecule has 0 heterocycles. The Bertz CT molecular complexity index is 432. The number of benzene rings is 2. The first-order chi connectivity index (χ1) is 8.29. The molecule has 0 amide bonds. The average Bonchev–Trinajstić information content (AvgIpc) is 2.42. The van der Waals surface area contributed by atoms with Crippen LogP contribution in [-0.4, -0.2) is 5.11 Å². The Morgan fingerprint density at radius 1 is 0.824 bits per heavy atom. The highest BCUT2D eigenvalue weighted by Gasteiger charge is 1.95. The van der Waals surface area contributed by atoms with Crippen LogP contribution in [-0.2, 0) is 6.61 Å². The van der Waals surface area contributed by atoms with Gasteiger partial charge in [-0.05, 0) is 29.3 Å². The zero-order valence-corrected chi connectivity index (χ0v) is 11.6. The fourth-order valence-corrected chi connectivity index (χ4v) is 1.51. The maximum absolute atomic E-state index is 8.95. The summed E-state index contributed by atoms with van der Waals surface area (Å²) >= 11 is 0. The number of fused-ring (bicyclic) bond motifs is 1. The van der Waals surface area contributed by atoms with Gasteiger partial charge in [-0.2, -0.15) is 0 Å². The van der Waals surface area contributed by atoms with Gasteiger partial charge in [0, 0.05) is 0 Å². The summed E-state index contributed by atoms with van der Waals surface area (Å²) in [5, 5.41) is 11.4. The Morgan fingerprint density at radius 2 is 1.35 bits per heavy atom. The summed E-state index contributed by atoms with van der Waals surface area (Å²) in [4.78, 5) is 0. The molecule has 0 aliphatic rings. The van der Waals surface area contributed by atoms with Crippen molar-refractivity contribution in [2.24, 2.45) is 0 Å². The molecule has 1 nitrogen and oxygen atoms in total. The lowest BCUT2D eigenvalue weighted by molar-refractivity contribution is 0.282. The van der Waals surface area contributed by atoms with Crippen LogP contribution in [0.1, 0.15) is 38.8 Å². The first-order valence-electron chi connectivity index (χ1n) is 6.40. The molecule has 17 heavy (non-hydrogen) atoms. The van der Waals surface area contributed by atoms with E-state index in [4.69, 9.17) is 5.11 Å². The third-order valence-electron chi connectivity index (χ3n) is 2.24. The molecule has 2 aromatic carbocycles. The van der Waals surface area contributed by atoms with Gasteiger partial charge in [0.1, 0.15) is 0 Å². The summed E-state index contributed by atoms with van der Waals surface area (Å²) in [6, 6.07) is 12.4. The van der Waals surface area contributed by atoms with E-state index < -0.39 is 0 Å². The van der Waals surface area contributed by atoms with Gasteiger partial charge in [0.2, 0.25) is 0 Å². The second-order valence-corrected chi connectivity index (χ2v) is 3.34. The van der Waals surface area contributed by atoms with Gasteiger partial charge < -0.3 is 5.11 Å². The third-order valence-corrected chi connectivity index (χ3v) is 2.24. The Morgan fingerprint density at radius 3 is 1.94 bits per heavy atom. The Labute approximate surface area is 105 Å². The number of aliphatic hydroxyl groups excluding tert-OH is 1. The molecule has 94 valence electrons. The fraction of sp³-hybridized carbons (Fsp3) is 0.375. The van der Waals surface area contributed by atoms with Gasteiger partial charge in [-0.15, -0.1) is 0 Å². The van der Waals surface area contributed by atoms with Crippen LogP contribution in [0, 0.1) is 6.92 Å². The van der Waals surface area contributed by atoms with E-state index >= 15 is 0 Å². The molecular formula is C16H24O. The number of aliphatic hydroxyl groups is 1. The number of hydrogen-bond donors (Lipinski definition) is 1. The van der Waals surface area contributed by atoms with Crippen molar-refractivity contribution >= 4 is 10.8 Å². The number of hydrogen-bond acceptors (Lipinski definition) is 1. The van der Waals surface area contributed by atoms with Crippen molar-refractivity contribution in [2.75, 3.05) is 0 Å². The lowest BCUT2D eigenvalue weighted by Gasteiger charge is -2.01. The molecule has 1 N–H and O–H groups in total. The highest BCUT2D eigenvalue weighted by Crippen LogP contribution is 2.17. The van der Waals surface area contributed by atoms with Crippen LogP contribution in [0.15, 0.2) is 36.4 Å². The standard InChI is InChI=1S/C12H12O.2C2H6/c1-9-2-4-12-7-10(8-13)3-5-11(12)6-9;2*1-2/h2-7,13H,8H2,1H3;2*1-2H3. The molecule has 0 unspecified atom stereocenters. The summed E-state index contributed by atoms with van der Waals surface area (Å²) in [5.41, 5.74) is 2.24. The maximum atomic E-state index is 8.95. The molecule has 0 fully saturated rings. The Hall–Kier alpha value is -1.34. The van der Waals surface area contributed by atoms with Crippen molar-refractivity contribution in [3.05, 3.63) is 47.5 Å². The summed E-state index contributed by atoms with van der Waals surface area (Å²) in [5.74, 6) is 0. The van der Waals surface area contributed by atoms with Crippen LogP contribution in [0.4, 0.5) is 0 Å². The molecule has 2 rings (SSSR count). The average molecular weight is 232 g/mol. The minimum atomic E-state index is 0.115. The van der Waals surface area contributed by atoms with Crippen molar-refractivity contribution in [1.29, 1.82) is 0 Å². The largest absolute Gasteiger partial charge is 0.392 e. The molecule has 0 radical (unpaired) electrons. The van der Waals surface area contributed by atoms with Crippen molar-refractivity contribution in [3.63, 3.8) is 0 Å². The quantitative estimate of drug-likeness (QED) is 0.756. The minimum absolute atomic E-state index is 0.115. The van der Waals surface area contributed by atoms with Crippen LogP contribution in [0.25, 0.3) is 10.8 Å². The predicted octanol–water partition coefficient (Wildman–Crippen LogP) is 4.69. The first kappa shape index (κ1) is 15.7.